The molecule has 142 valence electrons. The van der Waals surface area contributed by atoms with E-state index in [9.17, 15) is 13.2 Å². The van der Waals surface area contributed by atoms with Gasteiger partial charge in [0.1, 0.15) is 0 Å². The molecule has 0 bridgehead atoms. The number of alkyl halides is 2. The SMILES string of the molecule is CCCc1ccc2cc(OC(F)(F)C3CCC(CC)CC3)c(F)cc2c1. The zero-order valence-electron chi connectivity index (χ0n) is 15.5. The highest BCUT2D eigenvalue weighted by atomic mass is 19.3. The number of rotatable bonds is 6. The second-order valence-electron chi connectivity index (χ2n) is 7.50. The van der Waals surface area contributed by atoms with Gasteiger partial charge in [-0.25, -0.2) is 4.39 Å². The molecule has 2 aromatic rings. The van der Waals surface area contributed by atoms with E-state index in [4.69, 9.17) is 4.74 Å². The minimum atomic E-state index is -3.34. The first-order valence-electron chi connectivity index (χ1n) is 9.72. The van der Waals surface area contributed by atoms with Gasteiger partial charge in [-0.15, -0.1) is 0 Å². The summed E-state index contributed by atoms with van der Waals surface area (Å²) in [6.45, 7) is 4.17. The van der Waals surface area contributed by atoms with Crippen molar-refractivity contribution in [2.45, 2.75) is 64.9 Å². The van der Waals surface area contributed by atoms with Gasteiger partial charge in [0.25, 0.3) is 0 Å². The third-order valence-corrected chi connectivity index (χ3v) is 5.64. The van der Waals surface area contributed by atoms with E-state index in [0.29, 0.717) is 29.5 Å². The monoisotopic (exact) mass is 364 g/mol. The number of fused-ring (bicyclic) bond motifs is 1. The molecule has 2 aromatic carbocycles. The predicted molar refractivity (Wildman–Crippen MR) is 99.2 cm³/mol. The largest absolute Gasteiger partial charge is 0.429 e. The van der Waals surface area contributed by atoms with Crippen LogP contribution in [0.25, 0.3) is 10.8 Å². The van der Waals surface area contributed by atoms with E-state index < -0.39 is 17.8 Å². The Morgan fingerprint density at radius 1 is 1.00 bits per heavy atom. The van der Waals surface area contributed by atoms with Crippen LogP contribution in [-0.2, 0) is 6.42 Å². The highest BCUT2D eigenvalue weighted by Gasteiger charge is 2.44. The van der Waals surface area contributed by atoms with E-state index in [1.807, 2.05) is 18.2 Å². The van der Waals surface area contributed by atoms with Crippen LogP contribution in [-0.4, -0.2) is 6.11 Å². The summed E-state index contributed by atoms with van der Waals surface area (Å²) in [4.78, 5) is 0. The molecule has 4 heteroatoms. The molecule has 0 atom stereocenters. The van der Waals surface area contributed by atoms with Crippen molar-refractivity contribution < 1.29 is 17.9 Å². The molecule has 0 aliphatic heterocycles. The Labute approximate surface area is 153 Å². The van der Waals surface area contributed by atoms with Crippen molar-refractivity contribution in [3.63, 3.8) is 0 Å². The van der Waals surface area contributed by atoms with Crippen molar-refractivity contribution in [1.29, 1.82) is 0 Å². The number of ether oxygens (including phenoxy) is 1. The van der Waals surface area contributed by atoms with E-state index in [1.54, 1.807) is 0 Å². The second kappa shape index (κ2) is 7.89. The van der Waals surface area contributed by atoms with Crippen LogP contribution in [0, 0.1) is 17.7 Å². The van der Waals surface area contributed by atoms with Crippen molar-refractivity contribution in [2.75, 3.05) is 0 Å². The molecule has 1 aliphatic rings. The van der Waals surface area contributed by atoms with Crippen molar-refractivity contribution in [3.8, 4) is 5.75 Å². The van der Waals surface area contributed by atoms with Gasteiger partial charge in [0, 0.05) is 0 Å². The first-order chi connectivity index (χ1) is 12.4. The van der Waals surface area contributed by atoms with Crippen LogP contribution in [0.5, 0.6) is 5.75 Å². The summed E-state index contributed by atoms with van der Waals surface area (Å²) in [6.07, 6.45) is 2.05. The maximum Gasteiger partial charge on any atom is 0.400 e. The molecular formula is C22H27F3O. The second-order valence-corrected chi connectivity index (χ2v) is 7.50. The lowest BCUT2D eigenvalue weighted by Gasteiger charge is -2.33. The summed E-state index contributed by atoms with van der Waals surface area (Å²) in [5.41, 5.74) is 1.12. The standard InChI is InChI=1S/C22H27F3O/c1-3-5-16-6-9-17-14-21(20(23)13-18(17)12-16)26-22(24,25)19-10-7-15(4-2)8-11-19/h6,9,12-15,19H,3-5,7-8,10-11H2,1-2H3. The number of benzene rings is 2. The van der Waals surface area contributed by atoms with Crippen LogP contribution in [0.15, 0.2) is 30.3 Å². The van der Waals surface area contributed by atoms with Crippen LogP contribution in [0.3, 0.4) is 0 Å². The van der Waals surface area contributed by atoms with Crippen LogP contribution >= 0.6 is 0 Å². The van der Waals surface area contributed by atoms with Gasteiger partial charge >= 0.3 is 6.11 Å². The quantitative estimate of drug-likeness (QED) is 0.530. The molecule has 1 aliphatic carbocycles. The van der Waals surface area contributed by atoms with Crippen LogP contribution < -0.4 is 4.74 Å². The summed E-state index contributed by atoms with van der Waals surface area (Å²) >= 11 is 0. The summed E-state index contributed by atoms with van der Waals surface area (Å²) in [6, 6.07) is 8.41. The molecule has 1 fully saturated rings. The average Bonchev–Trinajstić information content (AvgIpc) is 2.62. The lowest BCUT2D eigenvalue weighted by atomic mass is 9.80. The molecule has 0 spiro atoms. The van der Waals surface area contributed by atoms with Gasteiger partial charge in [-0.3, -0.25) is 0 Å². The Balaban J connectivity index is 1.79. The number of halogens is 3. The van der Waals surface area contributed by atoms with Gasteiger partial charge in [0.2, 0.25) is 0 Å². The molecule has 26 heavy (non-hydrogen) atoms. The zero-order valence-corrected chi connectivity index (χ0v) is 15.5. The minimum absolute atomic E-state index is 0.358. The van der Waals surface area contributed by atoms with E-state index in [1.165, 1.54) is 12.1 Å². The smallest absolute Gasteiger partial charge is 0.400 e. The first kappa shape index (κ1) is 19.1. The highest BCUT2D eigenvalue weighted by molar-refractivity contribution is 5.84. The van der Waals surface area contributed by atoms with E-state index in [2.05, 4.69) is 13.8 Å². The third kappa shape index (κ3) is 4.16. The van der Waals surface area contributed by atoms with Gasteiger partial charge in [-0.05, 0) is 66.5 Å². The lowest BCUT2D eigenvalue weighted by Crippen LogP contribution is -2.37. The fraction of sp³-hybridized carbons (Fsp3) is 0.545. The molecule has 0 amide bonds. The summed E-state index contributed by atoms with van der Waals surface area (Å²) in [5.74, 6) is -1.40. The summed E-state index contributed by atoms with van der Waals surface area (Å²) in [5, 5.41) is 1.43. The van der Waals surface area contributed by atoms with Crippen molar-refractivity contribution >= 4 is 10.8 Å². The molecule has 0 saturated heterocycles. The first-order valence-corrected chi connectivity index (χ1v) is 9.72. The fourth-order valence-corrected chi connectivity index (χ4v) is 3.96. The molecule has 0 unspecified atom stereocenters. The van der Waals surface area contributed by atoms with E-state index in [-0.39, 0.29) is 5.75 Å². The highest BCUT2D eigenvalue weighted by Crippen LogP contribution is 2.41. The molecule has 3 rings (SSSR count). The average molecular weight is 364 g/mol. The topological polar surface area (TPSA) is 9.23 Å². The summed E-state index contributed by atoms with van der Waals surface area (Å²) in [7, 11) is 0. The van der Waals surface area contributed by atoms with Gasteiger partial charge in [-0.1, -0.05) is 44.9 Å². The molecule has 0 radical (unpaired) electrons. The van der Waals surface area contributed by atoms with Gasteiger partial charge in [-0.2, -0.15) is 8.78 Å². The van der Waals surface area contributed by atoms with Gasteiger partial charge < -0.3 is 4.74 Å². The Kier molecular flexibility index (Phi) is 5.79. The Morgan fingerprint density at radius 3 is 2.38 bits per heavy atom. The van der Waals surface area contributed by atoms with Gasteiger partial charge in [0.05, 0.1) is 5.92 Å². The number of hydrogen-bond acceptors (Lipinski definition) is 1. The molecule has 1 nitrogen and oxygen atoms in total. The zero-order chi connectivity index (χ0) is 18.7. The van der Waals surface area contributed by atoms with E-state index in [0.717, 1.165) is 37.7 Å². The van der Waals surface area contributed by atoms with Crippen molar-refractivity contribution in [2.24, 2.45) is 11.8 Å². The predicted octanol–water partition coefficient (Wildman–Crippen LogP) is 7.12. The Bertz CT molecular complexity index is 748. The maximum atomic E-state index is 14.6. The van der Waals surface area contributed by atoms with Crippen molar-refractivity contribution in [1.82, 2.24) is 0 Å². The van der Waals surface area contributed by atoms with Gasteiger partial charge in [0.15, 0.2) is 11.6 Å². The molecular weight excluding hydrogens is 337 g/mol. The third-order valence-electron chi connectivity index (χ3n) is 5.64. The van der Waals surface area contributed by atoms with Crippen molar-refractivity contribution in [3.05, 3.63) is 41.7 Å². The Morgan fingerprint density at radius 2 is 1.73 bits per heavy atom. The fourth-order valence-electron chi connectivity index (χ4n) is 3.96. The molecule has 0 aromatic heterocycles. The minimum Gasteiger partial charge on any atom is -0.429 e. The van der Waals surface area contributed by atoms with Crippen LogP contribution in [0.4, 0.5) is 13.2 Å². The normalized spacial score (nSPS) is 21.1. The Hall–Kier alpha value is -1.71. The van der Waals surface area contributed by atoms with Crippen LogP contribution in [0.1, 0.15) is 57.9 Å². The molecule has 1 saturated carbocycles. The maximum absolute atomic E-state index is 14.6. The number of aryl methyl sites for hydroxylation is 1. The number of hydrogen-bond donors (Lipinski definition) is 0. The van der Waals surface area contributed by atoms with E-state index >= 15 is 0 Å². The summed E-state index contributed by atoms with van der Waals surface area (Å²) < 4.78 is 48.5. The lowest BCUT2D eigenvalue weighted by molar-refractivity contribution is -0.224. The molecule has 0 heterocycles. The molecule has 0 N–H and O–H groups in total. The van der Waals surface area contributed by atoms with Crippen LogP contribution in [0.2, 0.25) is 0 Å².